The molecular formula is C26H28N4O5S2. The van der Waals surface area contributed by atoms with Gasteiger partial charge in [0.2, 0.25) is 0 Å². The summed E-state index contributed by atoms with van der Waals surface area (Å²) in [6.45, 7) is 0.303. The molecular weight excluding hydrogens is 512 g/mol. The number of para-hydroxylation sites is 1. The first-order chi connectivity index (χ1) is 17.9. The average Bonchev–Trinajstić information content (AvgIpc) is 3.37. The number of pyridine rings is 1. The van der Waals surface area contributed by atoms with Gasteiger partial charge in [-0.05, 0) is 29.8 Å². The van der Waals surface area contributed by atoms with Crippen molar-refractivity contribution in [3.05, 3.63) is 90.3 Å². The number of aromatic amines is 1. The van der Waals surface area contributed by atoms with Crippen molar-refractivity contribution in [1.29, 1.82) is 0 Å². The van der Waals surface area contributed by atoms with Crippen LogP contribution in [-0.2, 0) is 25.2 Å². The molecule has 194 valence electrons. The van der Waals surface area contributed by atoms with Crippen LogP contribution in [0.15, 0.2) is 84.0 Å². The Morgan fingerprint density at radius 2 is 1.78 bits per heavy atom. The summed E-state index contributed by atoms with van der Waals surface area (Å²) < 4.78 is 39.0. The number of nitrogens with zero attached hydrogens (tertiary/aromatic N) is 1. The predicted molar refractivity (Wildman–Crippen MR) is 145 cm³/mol. The summed E-state index contributed by atoms with van der Waals surface area (Å²) in [6, 6.07) is 21.5. The molecule has 2 aromatic heterocycles. The predicted octanol–water partition coefficient (Wildman–Crippen LogP) is 4.01. The van der Waals surface area contributed by atoms with Crippen LogP contribution in [0.5, 0.6) is 0 Å². The van der Waals surface area contributed by atoms with E-state index in [0.29, 0.717) is 28.8 Å². The number of fused-ring (bicyclic) bond motifs is 1. The van der Waals surface area contributed by atoms with Crippen molar-refractivity contribution in [2.75, 3.05) is 25.5 Å². The first-order valence-electron chi connectivity index (χ1n) is 11.5. The van der Waals surface area contributed by atoms with E-state index in [4.69, 9.17) is 9.47 Å². The van der Waals surface area contributed by atoms with E-state index in [1.54, 1.807) is 62.4 Å². The number of hydrogen-bond donors (Lipinski definition) is 3. The second-order valence-electron chi connectivity index (χ2n) is 8.11. The fraction of sp³-hybridized carbons (Fsp3) is 0.231. The fourth-order valence-electron chi connectivity index (χ4n) is 3.77. The minimum absolute atomic E-state index is 0.0959. The highest BCUT2D eigenvalue weighted by molar-refractivity contribution is 7.99. The van der Waals surface area contributed by atoms with Gasteiger partial charge < -0.3 is 19.8 Å². The van der Waals surface area contributed by atoms with Gasteiger partial charge in [0, 0.05) is 38.1 Å². The molecule has 11 heteroatoms. The number of aromatic nitrogens is 2. The van der Waals surface area contributed by atoms with E-state index >= 15 is 0 Å². The summed E-state index contributed by atoms with van der Waals surface area (Å²) in [6.07, 6.45) is 0.902. The Bertz CT molecular complexity index is 1430. The molecule has 3 N–H and O–H groups in total. The molecule has 2 heterocycles. The third-order valence-electron chi connectivity index (χ3n) is 5.60. The molecule has 0 aliphatic heterocycles. The Labute approximate surface area is 220 Å². The number of benzene rings is 2. The highest BCUT2D eigenvalue weighted by Crippen LogP contribution is 2.26. The van der Waals surface area contributed by atoms with Crippen LogP contribution in [0.1, 0.15) is 16.1 Å². The number of nitrogens with one attached hydrogen (secondary N) is 3. The van der Waals surface area contributed by atoms with Gasteiger partial charge in [-0.1, -0.05) is 48.5 Å². The highest BCUT2D eigenvalue weighted by Gasteiger charge is 2.24. The molecule has 0 bridgehead atoms. The van der Waals surface area contributed by atoms with Gasteiger partial charge in [0.1, 0.15) is 5.69 Å². The molecule has 0 fully saturated rings. The number of thioether (sulfide) groups is 1. The Hall–Kier alpha value is -3.38. The first-order valence-corrected chi connectivity index (χ1v) is 14.0. The SMILES string of the molecule is COC(OC)C(CNC(=O)c1cc2cccc(NS(=O)(=O)c3ccccn3)c2[nH]1)SCc1ccccc1. The van der Waals surface area contributed by atoms with Gasteiger partial charge in [-0.3, -0.25) is 9.52 Å². The first kappa shape index (κ1) is 26.7. The van der Waals surface area contributed by atoms with Gasteiger partial charge in [0.05, 0.1) is 16.5 Å². The summed E-state index contributed by atoms with van der Waals surface area (Å²) in [5, 5.41) is 3.37. The Morgan fingerprint density at radius 3 is 2.49 bits per heavy atom. The number of carbonyl (C=O) groups is 1. The van der Waals surface area contributed by atoms with Gasteiger partial charge in [0.15, 0.2) is 11.3 Å². The van der Waals surface area contributed by atoms with Gasteiger partial charge in [0.25, 0.3) is 15.9 Å². The maximum Gasteiger partial charge on any atom is 0.279 e. The number of methoxy groups -OCH3 is 2. The Morgan fingerprint density at radius 1 is 1.03 bits per heavy atom. The number of anilines is 1. The largest absolute Gasteiger partial charge is 0.355 e. The lowest BCUT2D eigenvalue weighted by Gasteiger charge is -2.24. The van der Waals surface area contributed by atoms with Crippen molar-refractivity contribution < 1.29 is 22.7 Å². The molecule has 4 rings (SSSR count). The minimum atomic E-state index is -3.89. The van der Waals surface area contributed by atoms with E-state index in [-0.39, 0.29) is 16.2 Å². The van der Waals surface area contributed by atoms with Crippen LogP contribution in [0.4, 0.5) is 5.69 Å². The normalized spacial score (nSPS) is 12.5. The quantitative estimate of drug-likeness (QED) is 0.232. The number of ether oxygens (including phenoxy) is 2. The molecule has 0 aliphatic carbocycles. The Balaban J connectivity index is 1.47. The third kappa shape index (κ3) is 6.69. The summed E-state index contributed by atoms with van der Waals surface area (Å²) in [5.74, 6) is 0.405. The van der Waals surface area contributed by atoms with Gasteiger partial charge in [-0.25, -0.2) is 4.98 Å². The number of hydrogen-bond acceptors (Lipinski definition) is 7. The molecule has 0 radical (unpaired) electrons. The van der Waals surface area contributed by atoms with E-state index in [1.165, 1.54) is 12.3 Å². The van der Waals surface area contributed by atoms with Crippen molar-refractivity contribution >= 4 is 44.3 Å². The van der Waals surface area contributed by atoms with Crippen LogP contribution >= 0.6 is 11.8 Å². The van der Waals surface area contributed by atoms with Crippen molar-refractivity contribution in [1.82, 2.24) is 15.3 Å². The number of sulfonamides is 1. The molecule has 2 aromatic carbocycles. The number of rotatable bonds is 12. The van der Waals surface area contributed by atoms with E-state index in [2.05, 4.69) is 20.0 Å². The van der Waals surface area contributed by atoms with Crippen molar-refractivity contribution in [2.24, 2.45) is 0 Å². The molecule has 0 spiro atoms. The zero-order valence-corrected chi connectivity index (χ0v) is 22.0. The van der Waals surface area contributed by atoms with Crippen LogP contribution in [0.2, 0.25) is 0 Å². The number of carbonyl (C=O) groups excluding carboxylic acids is 1. The van der Waals surface area contributed by atoms with E-state index in [0.717, 1.165) is 11.3 Å². The summed E-state index contributed by atoms with van der Waals surface area (Å²) in [5.41, 5.74) is 2.27. The molecule has 4 aromatic rings. The van der Waals surface area contributed by atoms with E-state index in [9.17, 15) is 13.2 Å². The van der Waals surface area contributed by atoms with Crippen LogP contribution in [-0.4, -0.2) is 56.6 Å². The molecule has 37 heavy (non-hydrogen) atoms. The number of amides is 1. The van der Waals surface area contributed by atoms with Crippen LogP contribution in [0.25, 0.3) is 10.9 Å². The van der Waals surface area contributed by atoms with Crippen LogP contribution < -0.4 is 10.0 Å². The van der Waals surface area contributed by atoms with Crippen molar-refractivity contribution in [3.63, 3.8) is 0 Å². The molecule has 0 saturated heterocycles. The third-order valence-corrected chi connectivity index (χ3v) is 8.19. The van der Waals surface area contributed by atoms with Crippen molar-refractivity contribution in [3.8, 4) is 0 Å². The average molecular weight is 541 g/mol. The smallest absolute Gasteiger partial charge is 0.279 e. The standard InChI is InChI=1S/C26H28N4O5S2/c1-34-26(35-2)22(36-17-18-9-4-3-5-10-18)16-28-25(31)21-15-19-11-8-12-20(24(19)29-21)30-37(32,33)23-13-6-7-14-27-23/h3-15,22,26,29-30H,16-17H2,1-2H3,(H,28,31). The lowest BCUT2D eigenvalue weighted by Crippen LogP contribution is -2.39. The summed E-state index contributed by atoms with van der Waals surface area (Å²) >= 11 is 1.62. The zero-order chi connectivity index (χ0) is 26.3. The topological polar surface area (TPSA) is 122 Å². The molecule has 1 atom stereocenters. The molecule has 0 saturated carbocycles. The van der Waals surface area contributed by atoms with Crippen molar-refractivity contribution in [2.45, 2.75) is 22.3 Å². The second kappa shape index (κ2) is 12.2. The minimum Gasteiger partial charge on any atom is -0.355 e. The maximum absolute atomic E-state index is 13.0. The fourth-order valence-corrected chi connectivity index (χ4v) is 5.97. The molecule has 9 nitrogen and oxygen atoms in total. The zero-order valence-electron chi connectivity index (χ0n) is 20.4. The lowest BCUT2D eigenvalue weighted by atomic mass is 10.2. The monoisotopic (exact) mass is 540 g/mol. The maximum atomic E-state index is 13.0. The molecule has 0 aliphatic rings. The molecule has 1 unspecified atom stereocenters. The summed E-state index contributed by atoms with van der Waals surface area (Å²) in [7, 11) is -0.761. The lowest BCUT2D eigenvalue weighted by molar-refractivity contribution is -0.101. The van der Waals surface area contributed by atoms with E-state index < -0.39 is 16.3 Å². The van der Waals surface area contributed by atoms with Crippen LogP contribution in [0.3, 0.4) is 0 Å². The number of H-pyrrole nitrogens is 1. The van der Waals surface area contributed by atoms with E-state index in [1.807, 2.05) is 30.3 Å². The van der Waals surface area contributed by atoms with Gasteiger partial charge >= 0.3 is 0 Å². The summed E-state index contributed by atoms with van der Waals surface area (Å²) in [4.78, 5) is 20.0. The second-order valence-corrected chi connectivity index (χ2v) is 11.0. The Kier molecular flexibility index (Phi) is 8.82. The van der Waals surface area contributed by atoms with Crippen LogP contribution in [0, 0.1) is 0 Å². The van der Waals surface area contributed by atoms with Gasteiger partial charge in [-0.2, -0.15) is 8.42 Å². The highest BCUT2D eigenvalue weighted by atomic mass is 32.2. The molecule has 1 amide bonds. The van der Waals surface area contributed by atoms with Gasteiger partial charge in [-0.15, -0.1) is 11.8 Å².